The highest BCUT2D eigenvalue weighted by molar-refractivity contribution is 5.84. The van der Waals surface area contributed by atoms with E-state index in [1.165, 1.54) is 4.90 Å². The van der Waals surface area contributed by atoms with Crippen LogP contribution in [0, 0.1) is 5.92 Å². The SMILES string of the molecule is CN(C)C(=O)NCC(=O)N[C@H](c1ccc2c(c1)CCO2)C1CC(O)C1. The first-order valence-corrected chi connectivity index (χ1v) is 8.62. The van der Waals surface area contributed by atoms with Crippen molar-refractivity contribution in [2.45, 2.75) is 31.4 Å². The summed E-state index contributed by atoms with van der Waals surface area (Å²) in [6.07, 6.45) is 1.91. The maximum absolute atomic E-state index is 12.3. The molecule has 1 aromatic carbocycles. The zero-order valence-electron chi connectivity index (χ0n) is 14.6. The number of aliphatic hydroxyl groups excluding tert-OH is 1. The normalized spacial score (nSPS) is 22.2. The summed E-state index contributed by atoms with van der Waals surface area (Å²) in [5, 5.41) is 15.2. The van der Waals surface area contributed by atoms with Gasteiger partial charge in [0.05, 0.1) is 25.3 Å². The van der Waals surface area contributed by atoms with Gasteiger partial charge in [-0.3, -0.25) is 4.79 Å². The lowest BCUT2D eigenvalue weighted by Gasteiger charge is -2.38. The van der Waals surface area contributed by atoms with Gasteiger partial charge in [-0.1, -0.05) is 6.07 Å². The average molecular weight is 347 g/mol. The number of aliphatic hydroxyl groups is 1. The molecule has 1 saturated carbocycles. The lowest BCUT2D eigenvalue weighted by Crippen LogP contribution is -2.46. The minimum Gasteiger partial charge on any atom is -0.493 e. The fourth-order valence-corrected chi connectivity index (χ4v) is 3.31. The summed E-state index contributed by atoms with van der Waals surface area (Å²) in [6, 6.07) is 5.52. The van der Waals surface area contributed by atoms with E-state index in [1.54, 1.807) is 14.1 Å². The highest BCUT2D eigenvalue weighted by Gasteiger charge is 2.36. The number of nitrogens with one attached hydrogen (secondary N) is 2. The van der Waals surface area contributed by atoms with E-state index in [2.05, 4.69) is 16.7 Å². The molecule has 0 spiro atoms. The number of carbonyl (C=O) groups excluding carboxylic acids is 2. The molecule has 1 atom stereocenters. The number of carbonyl (C=O) groups is 2. The second-order valence-corrected chi connectivity index (χ2v) is 6.95. The summed E-state index contributed by atoms with van der Waals surface area (Å²) in [5.41, 5.74) is 2.17. The van der Waals surface area contributed by atoms with Gasteiger partial charge in [0.2, 0.25) is 5.91 Å². The van der Waals surface area contributed by atoms with E-state index in [0.29, 0.717) is 19.4 Å². The van der Waals surface area contributed by atoms with Crippen LogP contribution in [-0.2, 0) is 11.2 Å². The van der Waals surface area contributed by atoms with Crippen LogP contribution in [0.2, 0.25) is 0 Å². The second kappa shape index (κ2) is 7.31. The van der Waals surface area contributed by atoms with Gasteiger partial charge >= 0.3 is 6.03 Å². The molecule has 1 aromatic rings. The number of hydrogen-bond acceptors (Lipinski definition) is 4. The molecule has 0 bridgehead atoms. The second-order valence-electron chi connectivity index (χ2n) is 6.95. The molecule has 0 saturated heterocycles. The third-order valence-corrected chi connectivity index (χ3v) is 4.82. The number of urea groups is 1. The first-order chi connectivity index (χ1) is 11.9. The predicted octanol–water partition coefficient (Wildman–Crippen LogP) is 0.821. The van der Waals surface area contributed by atoms with Gasteiger partial charge in [0.25, 0.3) is 0 Å². The Morgan fingerprint density at radius 1 is 1.36 bits per heavy atom. The van der Waals surface area contributed by atoms with Gasteiger partial charge in [-0.05, 0) is 42.0 Å². The van der Waals surface area contributed by atoms with Crippen molar-refractivity contribution < 1.29 is 19.4 Å². The van der Waals surface area contributed by atoms with Crippen LogP contribution < -0.4 is 15.4 Å². The van der Waals surface area contributed by atoms with E-state index in [0.717, 1.165) is 23.3 Å². The standard InChI is InChI=1S/C18H25N3O4/c1-21(2)18(24)19-10-16(23)20-17(13-8-14(22)9-13)12-3-4-15-11(7-12)5-6-25-15/h3-4,7,13-14,17,22H,5-6,8-10H2,1-2H3,(H,19,24)(H,20,23)/t13?,14?,17-/m1/s1. The number of ether oxygens (including phenoxy) is 1. The first-order valence-electron chi connectivity index (χ1n) is 8.62. The third kappa shape index (κ3) is 4.04. The van der Waals surface area contributed by atoms with Crippen LogP contribution in [0.4, 0.5) is 4.79 Å². The van der Waals surface area contributed by atoms with Crippen molar-refractivity contribution in [1.82, 2.24) is 15.5 Å². The topological polar surface area (TPSA) is 90.9 Å². The van der Waals surface area contributed by atoms with Crippen molar-refractivity contribution in [2.75, 3.05) is 27.2 Å². The third-order valence-electron chi connectivity index (χ3n) is 4.82. The van der Waals surface area contributed by atoms with Crippen molar-refractivity contribution in [1.29, 1.82) is 0 Å². The number of rotatable bonds is 5. The van der Waals surface area contributed by atoms with Crippen molar-refractivity contribution in [2.24, 2.45) is 5.92 Å². The predicted molar refractivity (Wildman–Crippen MR) is 92.3 cm³/mol. The van der Waals surface area contributed by atoms with E-state index < -0.39 is 0 Å². The molecule has 0 unspecified atom stereocenters. The molecule has 7 heteroatoms. The maximum atomic E-state index is 12.3. The Morgan fingerprint density at radius 2 is 2.12 bits per heavy atom. The van der Waals surface area contributed by atoms with Gasteiger partial charge < -0.3 is 25.4 Å². The minimum atomic E-state index is -0.305. The summed E-state index contributed by atoms with van der Waals surface area (Å²) in [7, 11) is 3.25. The van der Waals surface area contributed by atoms with Gasteiger partial charge in [-0.15, -0.1) is 0 Å². The van der Waals surface area contributed by atoms with Gasteiger partial charge in [0.15, 0.2) is 0 Å². The molecule has 2 aliphatic rings. The van der Waals surface area contributed by atoms with Crippen molar-refractivity contribution in [3.63, 3.8) is 0 Å². The Balaban J connectivity index is 1.68. The smallest absolute Gasteiger partial charge is 0.317 e. The molecule has 25 heavy (non-hydrogen) atoms. The Kier molecular flexibility index (Phi) is 5.13. The molecule has 136 valence electrons. The lowest BCUT2D eigenvalue weighted by molar-refractivity contribution is -0.122. The van der Waals surface area contributed by atoms with Gasteiger partial charge in [0, 0.05) is 20.5 Å². The summed E-state index contributed by atoms with van der Waals surface area (Å²) < 4.78 is 5.54. The summed E-state index contributed by atoms with van der Waals surface area (Å²) >= 11 is 0. The van der Waals surface area contributed by atoms with Gasteiger partial charge in [-0.2, -0.15) is 0 Å². The Hall–Kier alpha value is -2.28. The van der Waals surface area contributed by atoms with Crippen molar-refractivity contribution in [3.05, 3.63) is 29.3 Å². The van der Waals surface area contributed by atoms with Crippen LogP contribution in [-0.4, -0.2) is 55.3 Å². The monoisotopic (exact) mass is 347 g/mol. The molecule has 1 aliphatic heterocycles. The van der Waals surface area contributed by atoms with Crippen LogP contribution >= 0.6 is 0 Å². The van der Waals surface area contributed by atoms with Crippen LogP contribution in [0.5, 0.6) is 5.75 Å². The molecule has 3 N–H and O–H groups in total. The summed E-state index contributed by atoms with van der Waals surface area (Å²) in [4.78, 5) is 25.2. The van der Waals surface area contributed by atoms with Crippen molar-refractivity contribution in [3.8, 4) is 5.75 Å². The molecular formula is C18H25N3O4. The molecule has 7 nitrogen and oxygen atoms in total. The Morgan fingerprint density at radius 3 is 2.80 bits per heavy atom. The van der Waals surface area contributed by atoms with E-state index >= 15 is 0 Å². The summed E-state index contributed by atoms with van der Waals surface area (Å²) in [6.45, 7) is 0.616. The quantitative estimate of drug-likeness (QED) is 0.735. The Labute approximate surface area is 147 Å². The molecule has 3 rings (SSSR count). The maximum Gasteiger partial charge on any atom is 0.317 e. The van der Waals surface area contributed by atoms with E-state index in [-0.39, 0.29) is 36.5 Å². The molecule has 1 fully saturated rings. The average Bonchev–Trinajstić information content (AvgIpc) is 3.02. The van der Waals surface area contributed by atoms with E-state index in [4.69, 9.17) is 4.74 Å². The van der Waals surface area contributed by atoms with Gasteiger partial charge in [-0.25, -0.2) is 4.79 Å². The van der Waals surface area contributed by atoms with E-state index in [9.17, 15) is 14.7 Å². The fraction of sp³-hybridized carbons (Fsp3) is 0.556. The fourth-order valence-electron chi connectivity index (χ4n) is 3.31. The molecule has 0 aromatic heterocycles. The van der Waals surface area contributed by atoms with Crippen LogP contribution in [0.15, 0.2) is 18.2 Å². The summed E-state index contributed by atoms with van der Waals surface area (Å²) in [5.74, 6) is 0.864. The number of fused-ring (bicyclic) bond motifs is 1. The van der Waals surface area contributed by atoms with Crippen LogP contribution in [0.3, 0.4) is 0 Å². The lowest BCUT2D eigenvalue weighted by atomic mass is 9.75. The highest BCUT2D eigenvalue weighted by Crippen LogP contribution is 2.39. The highest BCUT2D eigenvalue weighted by atomic mass is 16.5. The number of benzene rings is 1. The zero-order chi connectivity index (χ0) is 18.0. The molecular weight excluding hydrogens is 322 g/mol. The number of amides is 3. The molecule has 0 radical (unpaired) electrons. The van der Waals surface area contributed by atoms with Crippen LogP contribution in [0.1, 0.15) is 30.0 Å². The van der Waals surface area contributed by atoms with E-state index in [1.807, 2.05) is 12.1 Å². The molecule has 1 aliphatic carbocycles. The number of nitrogens with zero attached hydrogens (tertiary/aromatic N) is 1. The minimum absolute atomic E-state index is 0.0726. The molecule has 3 amide bonds. The number of hydrogen-bond donors (Lipinski definition) is 3. The van der Waals surface area contributed by atoms with Crippen LogP contribution in [0.25, 0.3) is 0 Å². The Bertz CT molecular complexity index is 656. The van der Waals surface area contributed by atoms with Gasteiger partial charge in [0.1, 0.15) is 5.75 Å². The largest absolute Gasteiger partial charge is 0.493 e. The molecule has 1 heterocycles. The van der Waals surface area contributed by atoms with Crippen molar-refractivity contribution >= 4 is 11.9 Å². The zero-order valence-corrected chi connectivity index (χ0v) is 14.6. The first kappa shape index (κ1) is 17.5.